The summed E-state index contributed by atoms with van der Waals surface area (Å²) in [4.78, 5) is 38.2. The Labute approximate surface area is 141 Å². The standard InChI is InChI=1S/C18H16FN3O3/c1-11-6-7-13(19)14(10-11)20-16(23)8-9-22-15-5-3-2-4-12(15)17(24)21-18(22)25/h2-7,10H,8-9H2,1H3,(H,20,23)(H,21,24,25). The molecule has 25 heavy (non-hydrogen) atoms. The van der Waals surface area contributed by atoms with Crippen molar-refractivity contribution in [2.24, 2.45) is 0 Å². The fraction of sp³-hybridized carbons (Fsp3) is 0.167. The van der Waals surface area contributed by atoms with Gasteiger partial charge in [-0.05, 0) is 36.8 Å². The lowest BCUT2D eigenvalue weighted by atomic mass is 10.2. The van der Waals surface area contributed by atoms with Crippen LogP contribution in [-0.4, -0.2) is 15.5 Å². The predicted molar refractivity (Wildman–Crippen MR) is 93.2 cm³/mol. The second-order valence-electron chi connectivity index (χ2n) is 5.71. The topological polar surface area (TPSA) is 84.0 Å². The van der Waals surface area contributed by atoms with Crippen LogP contribution in [-0.2, 0) is 11.3 Å². The first-order valence-electron chi connectivity index (χ1n) is 7.73. The van der Waals surface area contributed by atoms with Crippen molar-refractivity contribution in [2.75, 3.05) is 5.32 Å². The zero-order valence-electron chi connectivity index (χ0n) is 13.5. The molecule has 3 rings (SSSR count). The van der Waals surface area contributed by atoms with E-state index in [0.717, 1.165) is 5.56 Å². The average molecular weight is 341 g/mol. The number of nitrogens with zero attached hydrogens (tertiary/aromatic N) is 1. The second kappa shape index (κ2) is 6.72. The lowest BCUT2D eigenvalue weighted by molar-refractivity contribution is -0.116. The molecule has 0 bridgehead atoms. The number of carbonyl (C=O) groups excluding carboxylic acids is 1. The fourth-order valence-corrected chi connectivity index (χ4v) is 2.63. The number of aromatic amines is 1. The number of H-pyrrole nitrogens is 1. The molecular formula is C18H16FN3O3. The van der Waals surface area contributed by atoms with Crippen molar-refractivity contribution in [2.45, 2.75) is 19.9 Å². The van der Waals surface area contributed by atoms with Crippen molar-refractivity contribution < 1.29 is 9.18 Å². The summed E-state index contributed by atoms with van der Waals surface area (Å²) in [6.07, 6.45) is -0.0384. The summed E-state index contributed by atoms with van der Waals surface area (Å²) in [5.41, 5.74) is 0.315. The van der Waals surface area contributed by atoms with Crippen molar-refractivity contribution in [3.63, 3.8) is 0 Å². The van der Waals surface area contributed by atoms with Crippen molar-refractivity contribution in [1.29, 1.82) is 0 Å². The number of halogens is 1. The number of rotatable bonds is 4. The molecule has 2 N–H and O–H groups in total. The number of anilines is 1. The van der Waals surface area contributed by atoms with Gasteiger partial charge >= 0.3 is 5.69 Å². The summed E-state index contributed by atoms with van der Waals surface area (Å²) in [6, 6.07) is 11.1. The number of para-hydroxylation sites is 1. The van der Waals surface area contributed by atoms with Crippen LogP contribution in [0.15, 0.2) is 52.1 Å². The van der Waals surface area contributed by atoms with Gasteiger partial charge in [-0.25, -0.2) is 9.18 Å². The number of nitrogens with one attached hydrogen (secondary N) is 2. The monoisotopic (exact) mass is 341 g/mol. The lowest BCUT2D eigenvalue weighted by Crippen LogP contribution is -2.31. The van der Waals surface area contributed by atoms with E-state index in [2.05, 4.69) is 10.3 Å². The largest absolute Gasteiger partial charge is 0.328 e. The molecule has 0 aliphatic rings. The van der Waals surface area contributed by atoms with Crippen molar-refractivity contribution in [1.82, 2.24) is 9.55 Å². The van der Waals surface area contributed by atoms with Crippen LogP contribution in [0.1, 0.15) is 12.0 Å². The minimum absolute atomic E-state index is 0.0384. The number of carbonyl (C=O) groups is 1. The summed E-state index contributed by atoms with van der Waals surface area (Å²) in [5, 5.41) is 2.87. The highest BCUT2D eigenvalue weighted by molar-refractivity contribution is 5.91. The van der Waals surface area contributed by atoms with Gasteiger partial charge in [-0.3, -0.25) is 19.1 Å². The summed E-state index contributed by atoms with van der Waals surface area (Å²) in [5.74, 6) is -0.947. The maximum absolute atomic E-state index is 13.7. The number of fused-ring (bicyclic) bond motifs is 1. The van der Waals surface area contributed by atoms with E-state index in [9.17, 15) is 18.8 Å². The highest BCUT2D eigenvalue weighted by atomic mass is 19.1. The molecule has 1 heterocycles. The molecule has 0 fully saturated rings. The Morgan fingerprint density at radius 1 is 1.20 bits per heavy atom. The maximum Gasteiger partial charge on any atom is 0.328 e. The number of benzene rings is 2. The van der Waals surface area contributed by atoms with E-state index in [1.165, 1.54) is 16.7 Å². The molecule has 3 aromatic rings. The van der Waals surface area contributed by atoms with Gasteiger partial charge in [0, 0.05) is 13.0 Å². The van der Waals surface area contributed by atoms with Crippen LogP contribution in [0.25, 0.3) is 10.9 Å². The number of aromatic nitrogens is 2. The Bertz CT molecular complexity index is 1070. The zero-order valence-corrected chi connectivity index (χ0v) is 13.5. The third kappa shape index (κ3) is 3.50. The predicted octanol–water partition coefficient (Wildman–Crippen LogP) is 2.17. The number of amides is 1. The van der Waals surface area contributed by atoms with Crippen LogP contribution in [0.5, 0.6) is 0 Å². The molecule has 0 aliphatic heterocycles. The van der Waals surface area contributed by atoms with Crippen LogP contribution in [0.4, 0.5) is 10.1 Å². The SMILES string of the molecule is Cc1ccc(F)c(NC(=O)CCn2c(=O)[nH]c(=O)c3ccccc32)c1. The van der Waals surface area contributed by atoms with Gasteiger partial charge in [0.1, 0.15) is 5.82 Å². The highest BCUT2D eigenvalue weighted by Gasteiger charge is 2.11. The second-order valence-corrected chi connectivity index (χ2v) is 5.71. The van der Waals surface area contributed by atoms with Crippen LogP contribution in [0, 0.1) is 12.7 Å². The molecule has 7 heteroatoms. The van der Waals surface area contributed by atoms with Gasteiger partial charge in [0.2, 0.25) is 5.91 Å². The molecule has 1 amide bonds. The van der Waals surface area contributed by atoms with Crippen LogP contribution in [0.2, 0.25) is 0 Å². The first kappa shape index (κ1) is 16.6. The van der Waals surface area contributed by atoms with E-state index in [1.54, 1.807) is 37.3 Å². The van der Waals surface area contributed by atoms with E-state index < -0.39 is 23.0 Å². The normalized spacial score (nSPS) is 10.8. The summed E-state index contributed by atoms with van der Waals surface area (Å²) in [6.45, 7) is 1.86. The first-order chi connectivity index (χ1) is 12.0. The van der Waals surface area contributed by atoms with E-state index in [4.69, 9.17) is 0 Å². The first-order valence-corrected chi connectivity index (χ1v) is 7.73. The fourth-order valence-electron chi connectivity index (χ4n) is 2.63. The molecule has 1 aromatic heterocycles. The van der Waals surface area contributed by atoms with Crippen LogP contribution in [0.3, 0.4) is 0 Å². The third-order valence-electron chi connectivity index (χ3n) is 3.86. The van der Waals surface area contributed by atoms with Crippen molar-refractivity contribution in [3.8, 4) is 0 Å². The maximum atomic E-state index is 13.7. The van der Waals surface area contributed by atoms with Crippen LogP contribution < -0.4 is 16.6 Å². The number of hydrogen-bond donors (Lipinski definition) is 2. The summed E-state index contributed by atoms with van der Waals surface area (Å²) in [7, 11) is 0. The van der Waals surface area contributed by atoms with Crippen molar-refractivity contribution in [3.05, 3.63) is 74.7 Å². The van der Waals surface area contributed by atoms with Gasteiger partial charge in [0.15, 0.2) is 0 Å². The molecule has 0 saturated carbocycles. The molecule has 2 aromatic carbocycles. The highest BCUT2D eigenvalue weighted by Crippen LogP contribution is 2.16. The Hall–Kier alpha value is -3.22. The molecule has 0 spiro atoms. The smallest absolute Gasteiger partial charge is 0.324 e. The molecule has 0 saturated heterocycles. The van der Waals surface area contributed by atoms with Gasteiger partial charge in [-0.1, -0.05) is 18.2 Å². The van der Waals surface area contributed by atoms with Gasteiger partial charge in [0.05, 0.1) is 16.6 Å². The average Bonchev–Trinajstić information content (AvgIpc) is 2.58. The zero-order chi connectivity index (χ0) is 18.0. The molecule has 0 atom stereocenters. The summed E-state index contributed by atoms with van der Waals surface area (Å²) >= 11 is 0. The van der Waals surface area contributed by atoms with Gasteiger partial charge in [0.25, 0.3) is 5.56 Å². The molecule has 0 radical (unpaired) electrons. The minimum atomic E-state index is -0.585. The van der Waals surface area contributed by atoms with Gasteiger partial charge in [-0.2, -0.15) is 0 Å². The van der Waals surface area contributed by atoms with Crippen LogP contribution >= 0.6 is 0 Å². The van der Waals surface area contributed by atoms with E-state index in [0.29, 0.717) is 10.9 Å². The quantitative estimate of drug-likeness (QED) is 0.763. The Morgan fingerprint density at radius 3 is 2.76 bits per heavy atom. The van der Waals surface area contributed by atoms with E-state index >= 15 is 0 Å². The van der Waals surface area contributed by atoms with E-state index in [-0.39, 0.29) is 18.7 Å². The van der Waals surface area contributed by atoms with Gasteiger partial charge < -0.3 is 5.32 Å². The Balaban J connectivity index is 1.81. The molecule has 6 nitrogen and oxygen atoms in total. The lowest BCUT2D eigenvalue weighted by Gasteiger charge is -2.10. The van der Waals surface area contributed by atoms with E-state index in [1.807, 2.05) is 0 Å². The molecule has 128 valence electrons. The van der Waals surface area contributed by atoms with Crippen molar-refractivity contribution >= 4 is 22.5 Å². The molecular weight excluding hydrogens is 325 g/mol. The molecule has 0 aliphatic carbocycles. The molecule has 0 unspecified atom stereocenters. The Morgan fingerprint density at radius 2 is 1.96 bits per heavy atom. The third-order valence-corrected chi connectivity index (χ3v) is 3.86. The number of hydrogen-bond acceptors (Lipinski definition) is 3. The number of aryl methyl sites for hydroxylation is 2. The minimum Gasteiger partial charge on any atom is -0.324 e. The summed E-state index contributed by atoms with van der Waals surface area (Å²) < 4.78 is 15.0. The Kier molecular flexibility index (Phi) is 4.47. The van der Waals surface area contributed by atoms with Gasteiger partial charge in [-0.15, -0.1) is 0 Å².